The van der Waals surface area contributed by atoms with E-state index in [0.717, 1.165) is 16.9 Å². The van der Waals surface area contributed by atoms with Gasteiger partial charge in [-0.25, -0.2) is 0 Å². The van der Waals surface area contributed by atoms with Crippen molar-refractivity contribution in [2.45, 2.75) is 38.8 Å². The standard InChI is InChI=1S/C15H25NO3/c1-5-15(9-17,10-18)16-12(3)13-8-11(2)6-7-14(13)19-4/h6-8,12,16-18H,5,9-10H2,1-4H3. The normalized spacial score (nSPS) is 13.4. The molecule has 0 aliphatic rings. The molecule has 0 fully saturated rings. The van der Waals surface area contributed by atoms with E-state index >= 15 is 0 Å². The van der Waals surface area contributed by atoms with Crippen molar-refractivity contribution in [2.75, 3.05) is 20.3 Å². The number of aryl methyl sites for hydroxylation is 1. The third kappa shape index (κ3) is 3.69. The van der Waals surface area contributed by atoms with Gasteiger partial charge in [-0.15, -0.1) is 0 Å². The topological polar surface area (TPSA) is 61.7 Å². The molecular weight excluding hydrogens is 242 g/mol. The average Bonchev–Trinajstić information content (AvgIpc) is 2.44. The first-order valence-corrected chi connectivity index (χ1v) is 6.66. The summed E-state index contributed by atoms with van der Waals surface area (Å²) < 4.78 is 5.37. The summed E-state index contributed by atoms with van der Waals surface area (Å²) >= 11 is 0. The summed E-state index contributed by atoms with van der Waals surface area (Å²) in [4.78, 5) is 0. The number of ether oxygens (including phenoxy) is 1. The predicted molar refractivity (Wildman–Crippen MR) is 76.5 cm³/mol. The van der Waals surface area contributed by atoms with Gasteiger partial charge >= 0.3 is 0 Å². The van der Waals surface area contributed by atoms with Crippen molar-refractivity contribution in [3.63, 3.8) is 0 Å². The maximum Gasteiger partial charge on any atom is 0.123 e. The van der Waals surface area contributed by atoms with Gasteiger partial charge in [0.05, 0.1) is 25.9 Å². The van der Waals surface area contributed by atoms with Gasteiger partial charge in [0.1, 0.15) is 5.75 Å². The Morgan fingerprint density at radius 3 is 2.42 bits per heavy atom. The van der Waals surface area contributed by atoms with Crippen molar-refractivity contribution >= 4 is 0 Å². The molecule has 4 nitrogen and oxygen atoms in total. The van der Waals surface area contributed by atoms with E-state index in [1.165, 1.54) is 0 Å². The van der Waals surface area contributed by atoms with Crippen LogP contribution in [0.1, 0.15) is 37.4 Å². The highest BCUT2D eigenvalue weighted by Crippen LogP contribution is 2.28. The highest BCUT2D eigenvalue weighted by molar-refractivity contribution is 5.39. The Morgan fingerprint density at radius 2 is 1.95 bits per heavy atom. The monoisotopic (exact) mass is 267 g/mol. The van der Waals surface area contributed by atoms with Crippen LogP contribution in [0.3, 0.4) is 0 Å². The zero-order valence-electron chi connectivity index (χ0n) is 12.2. The quantitative estimate of drug-likeness (QED) is 0.705. The summed E-state index contributed by atoms with van der Waals surface area (Å²) in [5.41, 5.74) is 1.52. The maximum absolute atomic E-state index is 9.50. The fourth-order valence-corrected chi connectivity index (χ4v) is 2.20. The summed E-state index contributed by atoms with van der Waals surface area (Å²) in [6.45, 7) is 5.78. The van der Waals surface area contributed by atoms with E-state index in [0.29, 0.717) is 6.42 Å². The van der Waals surface area contributed by atoms with Crippen LogP contribution < -0.4 is 10.1 Å². The Labute approximate surface area is 115 Å². The molecule has 0 aliphatic heterocycles. The molecule has 0 saturated heterocycles. The van der Waals surface area contributed by atoms with E-state index < -0.39 is 5.54 Å². The molecule has 1 aromatic rings. The van der Waals surface area contributed by atoms with Crippen LogP contribution in [0.4, 0.5) is 0 Å². The van der Waals surface area contributed by atoms with Crippen molar-refractivity contribution in [1.29, 1.82) is 0 Å². The van der Waals surface area contributed by atoms with E-state index in [1.54, 1.807) is 7.11 Å². The number of aliphatic hydroxyl groups excluding tert-OH is 2. The van der Waals surface area contributed by atoms with E-state index in [1.807, 2.05) is 32.9 Å². The van der Waals surface area contributed by atoms with Gasteiger partial charge in [-0.2, -0.15) is 0 Å². The highest BCUT2D eigenvalue weighted by atomic mass is 16.5. The van der Waals surface area contributed by atoms with Gasteiger partial charge in [-0.1, -0.05) is 24.6 Å². The summed E-state index contributed by atoms with van der Waals surface area (Å²) in [7, 11) is 1.64. The molecule has 0 spiro atoms. The van der Waals surface area contributed by atoms with Gasteiger partial charge in [-0.3, -0.25) is 0 Å². The van der Waals surface area contributed by atoms with Gasteiger partial charge in [0.15, 0.2) is 0 Å². The number of rotatable bonds is 7. The third-order valence-corrected chi connectivity index (χ3v) is 3.66. The molecule has 1 aromatic carbocycles. The molecule has 0 bridgehead atoms. The Hall–Kier alpha value is -1.10. The van der Waals surface area contributed by atoms with E-state index in [-0.39, 0.29) is 19.3 Å². The Kier molecular flexibility index (Phi) is 5.79. The molecule has 19 heavy (non-hydrogen) atoms. The summed E-state index contributed by atoms with van der Waals surface area (Å²) in [5, 5.41) is 22.3. The molecule has 3 N–H and O–H groups in total. The molecule has 1 rings (SSSR count). The fraction of sp³-hybridized carbons (Fsp3) is 0.600. The number of benzene rings is 1. The zero-order valence-corrected chi connectivity index (χ0v) is 12.2. The third-order valence-electron chi connectivity index (χ3n) is 3.66. The lowest BCUT2D eigenvalue weighted by molar-refractivity contribution is 0.0790. The minimum absolute atomic E-state index is 0.0194. The average molecular weight is 267 g/mol. The summed E-state index contributed by atoms with van der Waals surface area (Å²) in [5.74, 6) is 0.812. The predicted octanol–water partition coefficient (Wildman–Crippen LogP) is 1.79. The van der Waals surface area contributed by atoms with Crippen molar-refractivity contribution in [1.82, 2.24) is 5.32 Å². The molecule has 0 radical (unpaired) electrons. The van der Waals surface area contributed by atoms with Crippen molar-refractivity contribution < 1.29 is 14.9 Å². The summed E-state index contributed by atoms with van der Waals surface area (Å²) in [6.07, 6.45) is 0.651. The highest BCUT2D eigenvalue weighted by Gasteiger charge is 2.29. The fourth-order valence-electron chi connectivity index (χ4n) is 2.20. The number of methoxy groups -OCH3 is 1. The van der Waals surface area contributed by atoms with Crippen LogP contribution in [-0.2, 0) is 0 Å². The van der Waals surface area contributed by atoms with Gasteiger partial charge in [0.25, 0.3) is 0 Å². The Bertz CT molecular complexity index is 394. The summed E-state index contributed by atoms with van der Waals surface area (Å²) in [6, 6.07) is 5.98. The maximum atomic E-state index is 9.50. The van der Waals surface area contributed by atoms with E-state index in [4.69, 9.17) is 4.74 Å². The molecule has 1 unspecified atom stereocenters. The van der Waals surface area contributed by atoms with Crippen LogP contribution in [0.2, 0.25) is 0 Å². The molecular formula is C15H25NO3. The van der Waals surface area contributed by atoms with Crippen molar-refractivity contribution in [3.8, 4) is 5.75 Å². The lowest BCUT2D eigenvalue weighted by atomic mass is 9.95. The number of hydrogen-bond acceptors (Lipinski definition) is 4. The van der Waals surface area contributed by atoms with Crippen LogP contribution in [0.5, 0.6) is 5.75 Å². The first-order valence-electron chi connectivity index (χ1n) is 6.66. The van der Waals surface area contributed by atoms with Crippen LogP contribution in [0, 0.1) is 6.92 Å². The molecule has 0 aromatic heterocycles. The Morgan fingerprint density at radius 1 is 1.32 bits per heavy atom. The van der Waals surface area contributed by atoms with Gasteiger partial charge in [0.2, 0.25) is 0 Å². The van der Waals surface area contributed by atoms with Crippen LogP contribution in [0.25, 0.3) is 0 Å². The second kappa shape index (κ2) is 6.89. The van der Waals surface area contributed by atoms with Gasteiger partial charge in [-0.05, 0) is 26.3 Å². The van der Waals surface area contributed by atoms with Gasteiger partial charge in [0, 0.05) is 11.6 Å². The minimum atomic E-state index is -0.659. The van der Waals surface area contributed by atoms with E-state index in [2.05, 4.69) is 11.4 Å². The second-order valence-corrected chi connectivity index (χ2v) is 5.06. The van der Waals surface area contributed by atoms with Crippen molar-refractivity contribution in [2.24, 2.45) is 0 Å². The molecule has 1 atom stereocenters. The molecule has 4 heteroatoms. The largest absolute Gasteiger partial charge is 0.496 e. The van der Waals surface area contributed by atoms with Crippen LogP contribution >= 0.6 is 0 Å². The lowest BCUT2D eigenvalue weighted by Gasteiger charge is -2.34. The zero-order chi connectivity index (χ0) is 14.5. The minimum Gasteiger partial charge on any atom is -0.496 e. The lowest BCUT2D eigenvalue weighted by Crippen LogP contribution is -2.52. The molecule has 0 aliphatic carbocycles. The first kappa shape index (κ1) is 16.0. The van der Waals surface area contributed by atoms with Crippen LogP contribution in [0.15, 0.2) is 18.2 Å². The van der Waals surface area contributed by atoms with Crippen LogP contribution in [-0.4, -0.2) is 36.1 Å². The second-order valence-electron chi connectivity index (χ2n) is 5.06. The SMILES string of the molecule is CCC(CO)(CO)NC(C)c1cc(C)ccc1OC. The van der Waals surface area contributed by atoms with Crippen molar-refractivity contribution in [3.05, 3.63) is 29.3 Å². The Balaban J connectivity index is 2.99. The first-order chi connectivity index (χ1) is 9.01. The molecule has 108 valence electrons. The number of hydrogen-bond donors (Lipinski definition) is 3. The number of nitrogens with one attached hydrogen (secondary N) is 1. The van der Waals surface area contributed by atoms with Gasteiger partial charge < -0.3 is 20.3 Å². The molecule has 0 heterocycles. The smallest absolute Gasteiger partial charge is 0.123 e. The van der Waals surface area contributed by atoms with E-state index in [9.17, 15) is 10.2 Å². The molecule has 0 amide bonds. The number of aliphatic hydroxyl groups is 2. The molecule has 0 saturated carbocycles.